The first-order chi connectivity index (χ1) is 10.2. The van der Waals surface area contributed by atoms with Crippen LogP contribution < -0.4 is 5.73 Å². The van der Waals surface area contributed by atoms with Crippen molar-refractivity contribution in [1.82, 2.24) is 9.88 Å². The first-order valence-corrected chi connectivity index (χ1v) is 8.08. The van der Waals surface area contributed by atoms with Gasteiger partial charge >= 0.3 is 0 Å². The Morgan fingerprint density at radius 2 is 2.23 bits per heavy atom. The van der Waals surface area contributed by atoms with Crippen molar-refractivity contribution in [3.63, 3.8) is 0 Å². The molecule has 3 rings (SSSR count). The molecule has 2 N–H and O–H groups in total. The van der Waals surface area contributed by atoms with Gasteiger partial charge in [-0.3, -0.25) is 4.79 Å². The Balaban J connectivity index is 0.00000176. The molecule has 118 valence electrons. The number of amides is 1. The fourth-order valence-electron chi connectivity index (χ4n) is 2.91. The zero-order chi connectivity index (χ0) is 14.8. The number of carbonyl (C=O) groups excluding carboxylic acids is 1. The van der Waals surface area contributed by atoms with Crippen molar-refractivity contribution in [2.24, 2.45) is 5.73 Å². The quantitative estimate of drug-likeness (QED) is 0.933. The number of nitrogens with two attached hydrogens (primary N) is 1. The minimum atomic E-state index is -0.00350. The second-order valence-electron chi connectivity index (χ2n) is 5.33. The molecule has 22 heavy (non-hydrogen) atoms. The zero-order valence-corrected chi connectivity index (χ0v) is 14.1. The number of aryl methyl sites for hydroxylation is 1. The van der Waals surface area contributed by atoms with Gasteiger partial charge in [-0.25, -0.2) is 4.98 Å². The maximum atomic E-state index is 12.6. The van der Waals surface area contributed by atoms with E-state index in [1.165, 1.54) is 22.5 Å². The second kappa shape index (κ2) is 7.22. The summed E-state index contributed by atoms with van der Waals surface area (Å²) >= 11 is 1.51. The summed E-state index contributed by atoms with van der Waals surface area (Å²) in [6.45, 7) is 0.562. The van der Waals surface area contributed by atoms with Crippen LogP contribution in [-0.2, 0) is 12.8 Å². The van der Waals surface area contributed by atoms with Crippen molar-refractivity contribution in [2.75, 3.05) is 13.6 Å². The van der Waals surface area contributed by atoms with Crippen LogP contribution in [0.3, 0.4) is 0 Å². The molecule has 0 radical (unpaired) electrons. The number of aromatic nitrogens is 1. The predicted octanol–water partition coefficient (Wildman–Crippen LogP) is 2.83. The smallest absolute Gasteiger partial charge is 0.273 e. The van der Waals surface area contributed by atoms with Gasteiger partial charge < -0.3 is 10.6 Å². The summed E-state index contributed by atoms with van der Waals surface area (Å²) in [7, 11) is 1.87. The second-order valence-corrected chi connectivity index (χ2v) is 6.28. The summed E-state index contributed by atoms with van der Waals surface area (Å²) in [6, 6.07) is 8.53. The van der Waals surface area contributed by atoms with Gasteiger partial charge in [0.1, 0.15) is 5.69 Å². The summed E-state index contributed by atoms with van der Waals surface area (Å²) in [6.07, 6.45) is 2.75. The highest BCUT2D eigenvalue weighted by atomic mass is 35.5. The number of carbonyl (C=O) groups is 1. The van der Waals surface area contributed by atoms with E-state index in [1.807, 2.05) is 23.4 Å². The van der Waals surface area contributed by atoms with Crippen molar-refractivity contribution in [1.29, 1.82) is 0 Å². The van der Waals surface area contributed by atoms with Crippen LogP contribution in [0, 0.1) is 0 Å². The Hall–Kier alpha value is -1.43. The maximum Gasteiger partial charge on any atom is 0.273 e. The molecule has 1 atom stereocenters. The van der Waals surface area contributed by atoms with Crippen LogP contribution in [0.2, 0.25) is 0 Å². The molecule has 1 aromatic heterocycles. The van der Waals surface area contributed by atoms with Crippen LogP contribution >= 0.6 is 23.7 Å². The summed E-state index contributed by atoms with van der Waals surface area (Å²) < 4.78 is 0. The van der Waals surface area contributed by atoms with Crippen LogP contribution in [-0.4, -0.2) is 29.4 Å². The fraction of sp³-hybridized carbons (Fsp3) is 0.375. The lowest BCUT2D eigenvalue weighted by atomic mass is 10.1. The third-order valence-electron chi connectivity index (χ3n) is 4.02. The Bertz CT molecular complexity index is 658. The Morgan fingerprint density at radius 3 is 3.00 bits per heavy atom. The summed E-state index contributed by atoms with van der Waals surface area (Å²) in [5, 5.41) is 2.77. The van der Waals surface area contributed by atoms with Crippen LogP contribution in [0.25, 0.3) is 0 Å². The SMILES string of the molecule is CN(C(=O)c1csc(CCN)n1)C1CCc2ccccc21.Cl. The summed E-state index contributed by atoms with van der Waals surface area (Å²) in [4.78, 5) is 18.8. The molecule has 0 bridgehead atoms. The van der Waals surface area contributed by atoms with Gasteiger partial charge in [0.05, 0.1) is 11.0 Å². The van der Waals surface area contributed by atoms with E-state index in [9.17, 15) is 4.79 Å². The molecular formula is C16H20ClN3OS. The highest BCUT2D eigenvalue weighted by molar-refractivity contribution is 7.09. The molecular weight excluding hydrogens is 318 g/mol. The molecule has 4 nitrogen and oxygen atoms in total. The average Bonchev–Trinajstić information content (AvgIpc) is 3.13. The summed E-state index contributed by atoms with van der Waals surface area (Å²) in [5.41, 5.74) is 8.69. The van der Waals surface area contributed by atoms with E-state index < -0.39 is 0 Å². The maximum absolute atomic E-state index is 12.6. The average molecular weight is 338 g/mol. The number of benzene rings is 1. The number of halogens is 1. The van der Waals surface area contributed by atoms with Crippen molar-refractivity contribution in [3.05, 3.63) is 51.5 Å². The monoisotopic (exact) mass is 337 g/mol. The Labute approximate surface area is 140 Å². The first kappa shape index (κ1) is 16.9. The van der Waals surface area contributed by atoms with Crippen molar-refractivity contribution >= 4 is 29.7 Å². The van der Waals surface area contributed by atoms with Crippen LogP contribution in [0.5, 0.6) is 0 Å². The van der Waals surface area contributed by atoms with E-state index in [2.05, 4.69) is 23.2 Å². The minimum absolute atomic E-state index is 0. The van der Waals surface area contributed by atoms with Gasteiger partial charge in [0.25, 0.3) is 5.91 Å². The Morgan fingerprint density at radius 1 is 1.45 bits per heavy atom. The minimum Gasteiger partial charge on any atom is -0.333 e. The predicted molar refractivity (Wildman–Crippen MR) is 91.7 cm³/mol. The van der Waals surface area contributed by atoms with Gasteiger partial charge in [-0.15, -0.1) is 23.7 Å². The van der Waals surface area contributed by atoms with Gasteiger partial charge in [-0.2, -0.15) is 0 Å². The van der Waals surface area contributed by atoms with Crippen molar-refractivity contribution in [3.8, 4) is 0 Å². The highest BCUT2D eigenvalue weighted by Gasteiger charge is 2.29. The van der Waals surface area contributed by atoms with Crippen LogP contribution in [0.4, 0.5) is 0 Å². The van der Waals surface area contributed by atoms with Crippen molar-refractivity contribution in [2.45, 2.75) is 25.3 Å². The molecule has 0 aliphatic heterocycles. The standard InChI is InChI=1S/C16H19N3OS.ClH/c1-19(14-7-6-11-4-2-3-5-12(11)14)16(20)13-10-21-15(18-13)8-9-17;/h2-5,10,14H,6-9,17H2,1H3;1H. The lowest BCUT2D eigenvalue weighted by molar-refractivity contribution is 0.0725. The molecule has 0 saturated carbocycles. The molecule has 0 spiro atoms. The normalized spacial score (nSPS) is 16.0. The number of hydrogen-bond donors (Lipinski definition) is 1. The molecule has 1 aliphatic rings. The third kappa shape index (κ3) is 3.16. The number of fused-ring (bicyclic) bond motifs is 1. The molecule has 2 aromatic rings. The molecule has 6 heteroatoms. The van der Waals surface area contributed by atoms with E-state index in [0.717, 1.165) is 24.3 Å². The van der Waals surface area contributed by atoms with Crippen molar-refractivity contribution < 1.29 is 4.79 Å². The topological polar surface area (TPSA) is 59.2 Å². The summed E-state index contributed by atoms with van der Waals surface area (Å²) in [5.74, 6) is -0.00350. The van der Waals surface area contributed by atoms with Gasteiger partial charge in [0.15, 0.2) is 0 Å². The third-order valence-corrected chi connectivity index (χ3v) is 4.93. The van der Waals surface area contributed by atoms with E-state index in [1.54, 1.807) is 0 Å². The molecule has 1 aromatic carbocycles. The van der Waals surface area contributed by atoms with E-state index >= 15 is 0 Å². The van der Waals surface area contributed by atoms with Gasteiger partial charge in [0.2, 0.25) is 0 Å². The van der Waals surface area contributed by atoms with Gasteiger partial charge in [0, 0.05) is 18.8 Å². The molecule has 1 unspecified atom stereocenters. The lowest BCUT2D eigenvalue weighted by Gasteiger charge is -2.24. The van der Waals surface area contributed by atoms with E-state index in [4.69, 9.17) is 5.73 Å². The van der Waals surface area contributed by atoms with Crippen LogP contribution in [0.15, 0.2) is 29.6 Å². The molecule has 1 amide bonds. The number of nitrogens with zero attached hydrogens (tertiary/aromatic N) is 2. The zero-order valence-electron chi connectivity index (χ0n) is 12.5. The van der Waals surface area contributed by atoms with E-state index in [0.29, 0.717) is 12.2 Å². The molecule has 1 aliphatic carbocycles. The molecule has 0 saturated heterocycles. The highest BCUT2D eigenvalue weighted by Crippen LogP contribution is 2.35. The van der Waals surface area contributed by atoms with Gasteiger partial charge in [-0.1, -0.05) is 24.3 Å². The molecule has 1 heterocycles. The fourth-order valence-corrected chi connectivity index (χ4v) is 3.69. The number of hydrogen-bond acceptors (Lipinski definition) is 4. The number of rotatable bonds is 4. The first-order valence-electron chi connectivity index (χ1n) is 7.20. The van der Waals surface area contributed by atoms with E-state index in [-0.39, 0.29) is 24.4 Å². The van der Waals surface area contributed by atoms with Gasteiger partial charge in [-0.05, 0) is 30.5 Å². The largest absolute Gasteiger partial charge is 0.333 e. The number of thiazole rings is 1. The van der Waals surface area contributed by atoms with Crippen LogP contribution in [0.1, 0.15) is 39.1 Å². The Kier molecular flexibility index (Phi) is 5.56. The lowest BCUT2D eigenvalue weighted by Crippen LogP contribution is -2.30. The molecule has 0 fully saturated rings.